The van der Waals surface area contributed by atoms with Gasteiger partial charge in [-0.1, -0.05) is 6.58 Å². The van der Waals surface area contributed by atoms with Crippen LogP contribution in [0.25, 0.3) is 0 Å². The Kier molecular flexibility index (Phi) is 4.92. The standard InChI is InChI=1S/C19H24N2O4/c1-2-16(23)20-15-5-3-14(4-6-15)17(24)21-19(13-22)11-18(12-19)7-9-25-10-8-18/h2-6,22H,1,7-13H2,(H,20,23)(H,21,24). The van der Waals surface area contributed by atoms with Crippen molar-refractivity contribution in [3.8, 4) is 0 Å². The molecule has 1 saturated carbocycles. The highest BCUT2D eigenvalue weighted by Crippen LogP contribution is 2.54. The van der Waals surface area contributed by atoms with Gasteiger partial charge in [-0.3, -0.25) is 9.59 Å². The molecule has 2 aliphatic rings. The van der Waals surface area contributed by atoms with Crippen LogP contribution in [0.5, 0.6) is 0 Å². The van der Waals surface area contributed by atoms with Crippen molar-refractivity contribution in [3.05, 3.63) is 42.5 Å². The van der Waals surface area contributed by atoms with Crippen molar-refractivity contribution >= 4 is 17.5 Å². The number of hydrogen-bond acceptors (Lipinski definition) is 4. The Morgan fingerprint density at radius 3 is 2.40 bits per heavy atom. The van der Waals surface area contributed by atoms with Crippen LogP contribution in [-0.4, -0.2) is 42.3 Å². The summed E-state index contributed by atoms with van der Waals surface area (Å²) in [5.74, 6) is -0.509. The van der Waals surface area contributed by atoms with Crippen LogP contribution in [0.4, 0.5) is 5.69 Å². The molecule has 1 aromatic rings. The Bertz CT molecular complexity index is 655. The Morgan fingerprint density at radius 1 is 1.20 bits per heavy atom. The summed E-state index contributed by atoms with van der Waals surface area (Å²) < 4.78 is 5.41. The van der Waals surface area contributed by atoms with Crippen LogP contribution in [0.3, 0.4) is 0 Å². The fourth-order valence-corrected chi connectivity index (χ4v) is 3.99. The van der Waals surface area contributed by atoms with Crippen LogP contribution in [0, 0.1) is 5.41 Å². The highest BCUT2D eigenvalue weighted by molar-refractivity contribution is 5.99. The highest BCUT2D eigenvalue weighted by Gasteiger charge is 2.55. The molecule has 0 atom stereocenters. The highest BCUT2D eigenvalue weighted by atomic mass is 16.5. The predicted octanol–water partition coefficient (Wildman–Crippen LogP) is 1.86. The molecule has 1 aromatic carbocycles. The molecule has 6 heteroatoms. The minimum absolute atomic E-state index is 0.0607. The summed E-state index contributed by atoms with van der Waals surface area (Å²) in [5, 5.41) is 15.5. The van der Waals surface area contributed by atoms with E-state index >= 15 is 0 Å². The van der Waals surface area contributed by atoms with E-state index in [4.69, 9.17) is 4.74 Å². The zero-order valence-electron chi connectivity index (χ0n) is 14.2. The molecule has 2 fully saturated rings. The van der Waals surface area contributed by atoms with Crippen molar-refractivity contribution in [3.63, 3.8) is 0 Å². The minimum atomic E-state index is -0.538. The first-order valence-electron chi connectivity index (χ1n) is 8.54. The van der Waals surface area contributed by atoms with Gasteiger partial charge < -0.3 is 20.5 Å². The third kappa shape index (κ3) is 3.75. The topological polar surface area (TPSA) is 87.7 Å². The van der Waals surface area contributed by atoms with Crippen molar-refractivity contribution in [1.82, 2.24) is 5.32 Å². The Hall–Kier alpha value is -2.18. The monoisotopic (exact) mass is 344 g/mol. The molecule has 0 radical (unpaired) electrons. The smallest absolute Gasteiger partial charge is 0.251 e. The Labute approximate surface area is 147 Å². The molecule has 3 N–H and O–H groups in total. The number of aliphatic hydroxyl groups excluding tert-OH is 1. The zero-order chi connectivity index (χ0) is 17.9. The van der Waals surface area contributed by atoms with Gasteiger partial charge >= 0.3 is 0 Å². The molecule has 1 aliphatic heterocycles. The van der Waals surface area contributed by atoms with Gasteiger partial charge in [0.15, 0.2) is 0 Å². The number of carbonyl (C=O) groups is 2. The fourth-order valence-electron chi connectivity index (χ4n) is 3.99. The molecule has 2 amide bonds. The van der Waals surface area contributed by atoms with Gasteiger partial charge in [0.05, 0.1) is 12.1 Å². The van der Waals surface area contributed by atoms with Gasteiger partial charge in [0, 0.05) is 24.5 Å². The number of nitrogens with one attached hydrogen (secondary N) is 2. The Morgan fingerprint density at radius 2 is 1.84 bits per heavy atom. The number of hydrogen-bond donors (Lipinski definition) is 3. The largest absolute Gasteiger partial charge is 0.394 e. The second kappa shape index (κ2) is 6.98. The van der Waals surface area contributed by atoms with Crippen molar-refractivity contribution in [2.75, 3.05) is 25.1 Å². The van der Waals surface area contributed by atoms with E-state index in [-0.39, 0.29) is 23.8 Å². The minimum Gasteiger partial charge on any atom is -0.394 e. The van der Waals surface area contributed by atoms with E-state index in [2.05, 4.69) is 17.2 Å². The van der Waals surface area contributed by atoms with Gasteiger partial charge in [-0.25, -0.2) is 0 Å². The molecule has 1 saturated heterocycles. The van der Waals surface area contributed by atoms with Gasteiger partial charge in [-0.2, -0.15) is 0 Å². The lowest BCUT2D eigenvalue weighted by atomic mass is 9.54. The van der Waals surface area contributed by atoms with Crippen LogP contribution in [-0.2, 0) is 9.53 Å². The summed E-state index contributed by atoms with van der Waals surface area (Å²) in [6.45, 7) is 4.85. The zero-order valence-corrected chi connectivity index (χ0v) is 14.2. The van der Waals surface area contributed by atoms with Crippen molar-refractivity contribution in [2.24, 2.45) is 5.41 Å². The van der Waals surface area contributed by atoms with Crippen LogP contribution in [0.2, 0.25) is 0 Å². The first-order valence-corrected chi connectivity index (χ1v) is 8.54. The molecule has 3 rings (SSSR count). The molecule has 1 heterocycles. The summed E-state index contributed by atoms with van der Waals surface area (Å²) in [6.07, 6.45) is 4.75. The number of amides is 2. The molecule has 0 bridgehead atoms. The summed E-state index contributed by atoms with van der Waals surface area (Å²) in [6, 6.07) is 6.65. The molecule has 1 spiro atoms. The maximum atomic E-state index is 12.5. The lowest BCUT2D eigenvalue weighted by Gasteiger charge is -2.57. The fraction of sp³-hybridized carbons (Fsp3) is 0.474. The number of benzene rings is 1. The lowest BCUT2D eigenvalue weighted by molar-refractivity contribution is -0.111. The predicted molar refractivity (Wildman–Crippen MR) is 94.3 cm³/mol. The Balaban J connectivity index is 1.61. The molecule has 134 valence electrons. The van der Waals surface area contributed by atoms with Crippen LogP contribution in [0.15, 0.2) is 36.9 Å². The van der Waals surface area contributed by atoms with Crippen molar-refractivity contribution in [2.45, 2.75) is 31.2 Å². The third-order valence-electron chi connectivity index (χ3n) is 5.26. The second-order valence-electron chi connectivity index (χ2n) is 7.13. The van der Waals surface area contributed by atoms with E-state index in [0.29, 0.717) is 11.3 Å². The maximum Gasteiger partial charge on any atom is 0.251 e. The number of carbonyl (C=O) groups excluding carboxylic acids is 2. The quantitative estimate of drug-likeness (QED) is 0.712. The summed E-state index contributed by atoms with van der Waals surface area (Å²) >= 11 is 0. The van der Waals surface area contributed by atoms with E-state index in [0.717, 1.165) is 38.9 Å². The summed E-state index contributed by atoms with van der Waals surface area (Å²) in [7, 11) is 0. The number of anilines is 1. The first-order chi connectivity index (χ1) is 12.0. The molecule has 0 unspecified atom stereocenters. The number of ether oxygens (including phenoxy) is 1. The van der Waals surface area contributed by atoms with Crippen LogP contribution < -0.4 is 10.6 Å². The molecular formula is C19H24N2O4. The van der Waals surface area contributed by atoms with E-state index in [1.165, 1.54) is 6.08 Å². The molecule has 6 nitrogen and oxygen atoms in total. The molecule has 0 aromatic heterocycles. The van der Waals surface area contributed by atoms with Gasteiger partial charge in [0.25, 0.3) is 5.91 Å². The SMILES string of the molecule is C=CC(=O)Nc1ccc(C(=O)NC2(CO)CC3(CCOCC3)C2)cc1. The van der Waals surface area contributed by atoms with Gasteiger partial charge in [-0.05, 0) is 61.4 Å². The van der Waals surface area contributed by atoms with Crippen LogP contribution >= 0.6 is 0 Å². The molecular weight excluding hydrogens is 320 g/mol. The van der Waals surface area contributed by atoms with Crippen LogP contribution in [0.1, 0.15) is 36.0 Å². The number of aliphatic hydroxyl groups is 1. The normalized spacial score (nSPS) is 20.4. The molecule has 1 aliphatic carbocycles. The van der Waals surface area contributed by atoms with E-state index < -0.39 is 5.54 Å². The van der Waals surface area contributed by atoms with E-state index in [9.17, 15) is 14.7 Å². The maximum absolute atomic E-state index is 12.5. The average molecular weight is 344 g/mol. The summed E-state index contributed by atoms with van der Waals surface area (Å²) in [5.41, 5.74) is 0.762. The van der Waals surface area contributed by atoms with Crippen molar-refractivity contribution in [1.29, 1.82) is 0 Å². The van der Waals surface area contributed by atoms with Gasteiger partial charge in [-0.15, -0.1) is 0 Å². The van der Waals surface area contributed by atoms with E-state index in [1.807, 2.05) is 0 Å². The summed E-state index contributed by atoms with van der Waals surface area (Å²) in [4.78, 5) is 23.8. The van der Waals surface area contributed by atoms with E-state index in [1.54, 1.807) is 24.3 Å². The lowest BCUT2D eigenvalue weighted by Crippen LogP contribution is -2.65. The van der Waals surface area contributed by atoms with Gasteiger partial charge in [0.1, 0.15) is 0 Å². The first kappa shape index (κ1) is 17.6. The number of rotatable bonds is 5. The molecule has 25 heavy (non-hydrogen) atoms. The van der Waals surface area contributed by atoms with Crippen molar-refractivity contribution < 1.29 is 19.4 Å². The van der Waals surface area contributed by atoms with Gasteiger partial charge in [0.2, 0.25) is 5.91 Å². The average Bonchev–Trinajstić information content (AvgIpc) is 2.61. The third-order valence-corrected chi connectivity index (χ3v) is 5.26. The second-order valence-corrected chi connectivity index (χ2v) is 7.13.